The molecule has 3 N–H and O–H groups in total. The number of hydrogen-bond donors (Lipinski definition) is 3. The molecule has 0 saturated heterocycles. The number of para-hydroxylation sites is 1. The first kappa shape index (κ1) is 19.0. The third-order valence-electron chi connectivity index (χ3n) is 7.08. The van der Waals surface area contributed by atoms with Crippen molar-refractivity contribution in [1.82, 2.24) is 10.6 Å². The van der Waals surface area contributed by atoms with E-state index in [0.29, 0.717) is 12.1 Å². The Morgan fingerprint density at radius 2 is 2.03 bits per heavy atom. The van der Waals surface area contributed by atoms with Gasteiger partial charge in [-0.1, -0.05) is 24.3 Å². The molecule has 6 nitrogen and oxygen atoms in total. The Kier molecular flexibility index (Phi) is 4.65. The molecule has 156 valence electrons. The van der Waals surface area contributed by atoms with Crippen molar-refractivity contribution in [1.29, 1.82) is 0 Å². The predicted molar refractivity (Wildman–Crippen MR) is 114 cm³/mol. The topological polar surface area (TPSA) is 79.5 Å². The van der Waals surface area contributed by atoms with Gasteiger partial charge in [-0.15, -0.1) is 0 Å². The van der Waals surface area contributed by atoms with Crippen LogP contribution in [0.3, 0.4) is 0 Å². The average Bonchev–Trinajstić information content (AvgIpc) is 2.78. The lowest BCUT2D eigenvalue weighted by Gasteiger charge is -2.56. The Morgan fingerprint density at radius 1 is 1.17 bits per heavy atom. The molecule has 0 radical (unpaired) electrons. The van der Waals surface area contributed by atoms with Crippen LogP contribution in [0, 0.1) is 17.8 Å². The first-order valence-corrected chi connectivity index (χ1v) is 10.7. The summed E-state index contributed by atoms with van der Waals surface area (Å²) in [6.45, 7) is 0.497. The van der Waals surface area contributed by atoms with Crippen molar-refractivity contribution >= 4 is 17.5 Å². The van der Waals surface area contributed by atoms with Crippen molar-refractivity contribution in [3.05, 3.63) is 59.7 Å². The quantitative estimate of drug-likeness (QED) is 0.729. The normalized spacial score (nSPS) is 29.0. The molecule has 30 heavy (non-hydrogen) atoms. The number of nitrogens with one attached hydrogen (secondary N) is 3. The fourth-order valence-electron chi connectivity index (χ4n) is 5.57. The van der Waals surface area contributed by atoms with Crippen LogP contribution in [0.5, 0.6) is 5.75 Å². The van der Waals surface area contributed by atoms with Crippen LogP contribution in [0.15, 0.2) is 48.5 Å². The van der Waals surface area contributed by atoms with Crippen molar-refractivity contribution in [2.75, 3.05) is 12.4 Å². The van der Waals surface area contributed by atoms with Crippen LogP contribution in [-0.2, 0) is 11.3 Å². The van der Waals surface area contributed by atoms with Crippen LogP contribution in [-0.4, -0.2) is 24.6 Å². The van der Waals surface area contributed by atoms with Crippen LogP contribution < -0.4 is 20.7 Å². The SMILES string of the molecule is COc1cccc(CNC(=O)[C@H]2C[C@@H]3CC[C@@H]2C[C@@]32NC(=O)c3ccccc3N2)c1. The van der Waals surface area contributed by atoms with Gasteiger partial charge in [-0.3, -0.25) is 9.59 Å². The highest BCUT2D eigenvalue weighted by molar-refractivity contribution is 6.02. The molecular formula is C24H27N3O3. The summed E-state index contributed by atoms with van der Waals surface area (Å²) in [6, 6.07) is 15.4. The average molecular weight is 405 g/mol. The number of amides is 2. The third-order valence-corrected chi connectivity index (χ3v) is 7.08. The number of fused-ring (bicyclic) bond motifs is 3. The first-order valence-electron chi connectivity index (χ1n) is 10.7. The zero-order valence-electron chi connectivity index (χ0n) is 17.1. The van der Waals surface area contributed by atoms with Gasteiger partial charge in [-0.25, -0.2) is 0 Å². The van der Waals surface area contributed by atoms with Gasteiger partial charge in [0.05, 0.1) is 12.7 Å². The van der Waals surface area contributed by atoms with Crippen molar-refractivity contribution in [2.24, 2.45) is 17.8 Å². The van der Waals surface area contributed by atoms with Crippen molar-refractivity contribution in [2.45, 2.75) is 37.9 Å². The minimum atomic E-state index is -0.433. The van der Waals surface area contributed by atoms with E-state index in [1.165, 1.54) is 0 Å². The highest BCUT2D eigenvalue weighted by Gasteiger charge is 2.55. The number of methoxy groups -OCH3 is 1. The Morgan fingerprint density at radius 3 is 2.83 bits per heavy atom. The summed E-state index contributed by atoms with van der Waals surface area (Å²) in [7, 11) is 1.64. The van der Waals surface area contributed by atoms with Crippen molar-refractivity contribution in [3.63, 3.8) is 0 Å². The largest absolute Gasteiger partial charge is 0.497 e. The number of benzene rings is 2. The second-order valence-corrected chi connectivity index (χ2v) is 8.75. The lowest BCUT2D eigenvalue weighted by molar-refractivity contribution is -0.132. The number of anilines is 1. The molecule has 3 aliphatic carbocycles. The molecule has 3 fully saturated rings. The number of rotatable bonds is 4. The van der Waals surface area contributed by atoms with Crippen LogP contribution >= 0.6 is 0 Å². The summed E-state index contributed by atoms with van der Waals surface area (Å²) < 4.78 is 5.26. The predicted octanol–water partition coefficient (Wildman–Crippen LogP) is 3.30. The summed E-state index contributed by atoms with van der Waals surface area (Å²) in [5, 5.41) is 10.00. The molecule has 6 rings (SSSR count). The van der Waals surface area contributed by atoms with Gasteiger partial charge in [0.15, 0.2) is 0 Å². The Hall–Kier alpha value is -3.02. The van der Waals surface area contributed by atoms with Gasteiger partial charge < -0.3 is 20.7 Å². The van der Waals surface area contributed by atoms with E-state index in [0.717, 1.165) is 42.7 Å². The number of carbonyl (C=O) groups excluding carboxylic acids is 2. The van der Waals surface area contributed by atoms with E-state index >= 15 is 0 Å². The smallest absolute Gasteiger partial charge is 0.255 e. The van der Waals surface area contributed by atoms with E-state index < -0.39 is 5.66 Å². The number of ether oxygens (including phenoxy) is 1. The molecule has 1 aliphatic heterocycles. The molecule has 2 aromatic rings. The summed E-state index contributed by atoms with van der Waals surface area (Å²) in [5.74, 6) is 1.39. The van der Waals surface area contributed by atoms with E-state index in [-0.39, 0.29) is 29.6 Å². The lowest BCUT2D eigenvalue weighted by atomic mass is 9.58. The van der Waals surface area contributed by atoms with Gasteiger partial charge in [-0.2, -0.15) is 0 Å². The minimum absolute atomic E-state index is 0.00384. The molecular weight excluding hydrogens is 378 g/mol. The Bertz CT molecular complexity index is 991. The molecule has 1 heterocycles. The zero-order chi connectivity index (χ0) is 20.7. The Labute approximate surface area is 176 Å². The zero-order valence-corrected chi connectivity index (χ0v) is 17.1. The lowest BCUT2D eigenvalue weighted by Crippen LogP contribution is -2.68. The maximum absolute atomic E-state index is 13.0. The van der Waals surface area contributed by atoms with Crippen LogP contribution in [0.4, 0.5) is 5.69 Å². The van der Waals surface area contributed by atoms with Gasteiger partial charge in [0.25, 0.3) is 5.91 Å². The van der Waals surface area contributed by atoms with Gasteiger partial charge in [0.2, 0.25) is 5.91 Å². The van der Waals surface area contributed by atoms with E-state index in [2.05, 4.69) is 16.0 Å². The maximum Gasteiger partial charge on any atom is 0.255 e. The van der Waals surface area contributed by atoms with E-state index in [1.54, 1.807) is 7.11 Å². The Balaban J connectivity index is 1.28. The molecule has 1 spiro atoms. The van der Waals surface area contributed by atoms with E-state index in [4.69, 9.17) is 4.74 Å². The highest BCUT2D eigenvalue weighted by Crippen LogP contribution is 2.51. The minimum Gasteiger partial charge on any atom is -0.497 e. The van der Waals surface area contributed by atoms with Crippen LogP contribution in [0.2, 0.25) is 0 Å². The van der Waals surface area contributed by atoms with Gasteiger partial charge in [-0.05, 0) is 61.4 Å². The van der Waals surface area contributed by atoms with Crippen LogP contribution in [0.25, 0.3) is 0 Å². The number of hydrogen-bond acceptors (Lipinski definition) is 4. The molecule has 4 atom stereocenters. The molecule has 0 unspecified atom stereocenters. The summed E-state index contributed by atoms with van der Waals surface area (Å²) in [4.78, 5) is 25.7. The number of carbonyl (C=O) groups is 2. The molecule has 4 aliphatic rings. The third kappa shape index (κ3) is 3.20. The van der Waals surface area contributed by atoms with Gasteiger partial charge >= 0.3 is 0 Å². The molecule has 6 heteroatoms. The van der Waals surface area contributed by atoms with Crippen LogP contribution in [0.1, 0.15) is 41.6 Å². The summed E-state index contributed by atoms with van der Waals surface area (Å²) in [6.07, 6.45) is 3.64. The van der Waals surface area contributed by atoms with E-state index in [9.17, 15) is 9.59 Å². The van der Waals surface area contributed by atoms with Gasteiger partial charge in [0.1, 0.15) is 11.4 Å². The second kappa shape index (κ2) is 7.35. The fraction of sp³-hybridized carbons (Fsp3) is 0.417. The standard InChI is InChI=1S/C24H27N3O3/c1-30-18-6-4-5-15(11-18)14-25-22(28)20-12-17-10-9-16(20)13-24(17)26-21-8-3-2-7-19(21)23(29)27-24/h2-8,11,16-17,20,26H,9-10,12-14H2,1H3,(H,25,28)(H,27,29)/t16-,17+,20+,24-/m1/s1. The molecule has 2 bridgehead atoms. The fourth-order valence-corrected chi connectivity index (χ4v) is 5.57. The molecule has 2 amide bonds. The molecule has 2 aromatic carbocycles. The summed E-state index contributed by atoms with van der Waals surface area (Å²) >= 11 is 0. The first-order chi connectivity index (χ1) is 14.6. The highest BCUT2D eigenvalue weighted by atomic mass is 16.5. The maximum atomic E-state index is 13.0. The van der Waals surface area contributed by atoms with Crippen molar-refractivity contribution < 1.29 is 14.3 Å². The summed E-state index contributed by atoms with van der Waals surface area (Å²) in [5.41, 5.74) is 2.18. The van der Waals surface area contributed by atoms with Gasteiger partial charge in [0, 0.05) is 24.1 Å². The molecule has 0 aromatic heterocycles. The molecule has 3 saturated carbocycles. The van der Waals surface area contributed by atoms with E-state index in [1.807, 2.05) is 48.5 Å². The van der Waals surface area contributed by atoms with Crippen molar-refractivity contribution in [3.8, 4) is 5.75 Å². The second-order valence-electron chi connectivity index (χ2n) is 8.75. The monoisotopic (exact) mass is 405 g/mol.